The molecule has 0 radical (unpaired) electrons. The molecule has 8 heteroatoms. The van der Waals surface area contributed by atoms with E-state index in [1.165, 1.54) is 4.90 Å². The van der Waals surface area contributed by atoms with E-state index in [0.29, 0.717) is 24.9 Å². The summed E-state index contributed by atoms with van der Waals surface area (Å²) >= 11 is 0. The number of rotatable bonds is 9. The Bertz CT molecular complexity index is 1340. The molecule has 1 heterocycles. The smallest absolute Gasteiger partial charge is 0.339 e. The SMILES string of the molecule is CCOC(=O)CC(O)(CC(=O)N1CCCC(O)(c2ccc(-c3ccc4ccccc4c3)cc2)C1)C(=O)OCC. The van der Waals surface area contributed by atoms with Gasteiger partial charge >= 0.3 is 11.9 Å². The summed E-state index contributed by atoms with van der Waals surface area (Å²) in [6, 6.07) is 22.1. The third-order valence-electron chi connectivity index (χ3n) is 7.17. The van der Waals surface area contributed by atoms with Crippen molar-refractivity contribution in [1.29, 1.82) is 0 Å². The van der Waals surface area contributed by atoms with Crippen LogP contribution in [0.15, 0.2) is 66.7 Å². The number of β-amino-alcohol motifs (C(OH)–C–C–N with tert-alkyl or cyclic N) is 1. The molecule has 1 aliphatic heterocycles. The number of carbonyl (C=O) groups excluding carboxylic acids is 3. The van der Waals surface area contributed by atoms with Crippen molar-refractivity contribution >= 4 is 28.6 Å². The minimum absolute atomic E-state index is 0.000529. The van der Waals surface area contributed by atoms with Crippen molar-refractivity contribution < 1.29 is 34.1 Å². The summed E-state index contributed by atoms with van der Waals surface area (Å²) < 4.78 is 9.81. The van der Waals surface area contributed by atoms with Gasteiger partial charge in [0.25, 0.3) is 0 Å². The highest BCUT2D eigenvalue weighted by atomic mass is 16.6. The van der Waals surface area contributed by atoms with Crippen LogP contribution in [0.1, 0.15) is 45.1 Å². The molecule has 4 rings (SSSR count). The van der Waals surface area contributed by atoms with Crippen molar-refractivity contribution in [3.8, 4) is 11.1 Å². The van der Waals surface area contributed by atoms with E-state index < -0.39 is 41.9 Å². The molecule has 1 amide bonds. The lowest BCUT2D eigenvalue weighted by Gasteiger charge is -2.40. The molecule has 2 N–H and O–H groups in total. The largest absolute Gasteiger partial charge is 0.466 e. The van der Waals surface area contributed by atoms with Crippen LogP contribution < -0.4 is 0 Å². The lowest BCUT2D eigenvalue weighted by atomic mass is 9.84. The predicted octanol–water partition coefficient (Wildman–Crippen LogP) is 3.95. The zero-order valence-electron chi connectivity index (χ0n) is 22.4. The molecule has 3 aromatic rings. The van der Waals surface area contributed by atoms with E-state index in [0.717, 1.165) is 21.9 Å². The Morgan fingerprint density at radius 2 is 1.56 bits per heavy atom. The van der Waals surface area contributed by atoms with Gasteiger partial charge in [-0.25, -0.2) is 4.79 Å². The second-order valence-corrected chi connectivity index (χ2v) is 10.0. The maximum atomic E-state index is 13.2. The molecule has 206 valence electrons. The molecule has 1 fully saturated rings. The highest BCUT2D eigenvalue weighted by Gasteiger charge is 2.45. The average molecular weight is 534 g/mol. The van der Waals surface area contributed by atoms with Gasteiger partial charge in [0.15, 0.2) is 5.60 Å². The maximum absolute atomic E-state index is 13.2. The number of ether oxygens (including phenoxy) is 2. The Balaban J connectivity index is 1.49. The normalized spacial score (nSPS) is 18.8. The number of aliphatic hydroxyl groups is 2. The van der Waals surface area contributed by atoms with Crippen molar-refractivity contribution in [2.24, 2.45) is 0 Å². The second-order valence-electron chi connectivity index (χ2n) is 10.0. The number of esters is 2. The summed E-state index contributed by atoms with van der Waals surface area (Å²) in [4.78, 5) is 39.2. The van der Waals surface area contributed by atoms with Crippen molar-refractivity contribution in [2.75, 3.05) is 26.3 Å². The molecular formula is C31H35NO7. The molecule has 1 aliphatic rings. The Kier molecular flexibility index (Phi) is 8.67. The van der Waals surface area contributed by atoms with E-state index in [9.17, 15) is 24.6 Å². The van der Waals surface area contributed by atoms with Crippen LogP contribution in [0.5, 0.6) is 0 Å². The topological polar surface area (TPSA) is 113 Å². The first kappa shape index (κ1) is 28.3. The van der Waals surface area contributed by atoms with Gasteiger partial charge in [-0.3, -0.25) is 9.59 Å². The van der Waals surface area contributed by atoms with Crippen molar-refractivity contribution in [3.05, 3.63) is 72.3 Å². The van der Waals surface area contributed by atoms with E-state index in [1.54, 1.807) is 13.8 Å². The average Bonchev–Trinajstić information content (AvgIpc) is 2.93. The van der Waals surface area contributed by atoms with E-state index in [2.05, 4.69) is 30.3 Å². The zero-order chi connectivity index (χ0) is 28.0. The number of amides is 1. The third kappa shape index (κ3) is 6.46. The summed E-state index contributed by atoms with van der Waals surface area (Å²) in [6.07, 6.45) is -0.358. The molecule has 0 aromatic heterocycles. The van der Waals surface area contributed by atoms with Crippen LogP contribution in [0.3, 0.4) is 0 Å². The van der Waals surface area contributed by atoms with Gasteiger partial charge in [0, 0.05) is 6.54 Å². The number of hydrogen-bond donors (Lipinski definition) is 2. The van der Waals surface area contributed by atoms with Crippen molar-refractivity contribution in [2.45, 2.75) is 50.7 Å². The standard InChI is InChI=1S/C31H35NO7/c1-3-38-28(34)20-31(37,29(35)39-4-2)19-27(33)32-17-7-16-30(36,21-32)26-14-12-23(13-15-26)25-11-10-22-8-5-6-9-24(22)18-25/h5-6,8-15,18,36-37H,3-4,7,16-17,19-21H2,1-2H3. The molecule has 39 heavy (non-hydrogen) atoms. The highest BCUT2D eigenvalue weighted by Crippen LogP contribution is 2.34. The molecule has 1 saturated heterocycles. The molecule has 0 spiro atoms. The van der Waals surface area contributed by atoms with Crippen LogP contribution >= 0.6 is 0 Å². The Labute approximate surface area is 228 Å². The second kappa shape index (κ2) is 12.0. The number of nitrogens with zero attached hydrogens (tertiary/aromatic N) is 1. The minimum Gasteiger partial charge on any atom is -0.466 e. The number of benzene rings is 3. The fraction of sp³-hybridized carbons (Fsp3) is 0.387. The fourth-order valence-electron chi connectivity index (χ4n) is 5.11. The van der Waals surface area contributed by atoms with Gasteiger partial charge in [-0.15, -0.1) is 0 Å². The van der Waals surface area contributed by atoms with Crippen LogP contribution in [0.25, 0.3) is 21.9 Å². The number of hydrogen-bond acceptors (Lipinski definition) is 7. The molecule has 3 aromatic carbocycles. The summed E-state index contributed by atoms with van der Waals surface area (Å²) in [5.41, 5.74) is -0.894. The van der Waals surface area contributed by atoms with Gasteiger partial charge < -0.3 is 24.6 Å². The van der Waals surface area contributed by atoms with Gasteiger partial charge in [0.2, 0.25) is 5.91 Å². The Morgan fingerprint density at radius 1 is 0.897 bits per heavy atom. The van der Waals surface area contributed by atoms with Crippen LogP contribution in [0.2, 0.25) is 0 Å². The van der Waals surface area contributed by atoms with Gasteiger partial charge in [-0.05, 0) is 60.2 Å². The fourth-order valence-corrected chi connectivity index (χ4v) is 5.11. The number of carbonyl (C=O) groups is 3. The molecule has 2 unspecified atom stereocenters. The van der Waals surface area contributed by atoms with Crippen LogP contribution in [0, 0.1) is 0 Å². The minimum atomic E-state index is -2.35. The molecule has 8 nitrogen and oxygen atoms in total. The lowest BCUT2D eigenvalue weighted by molar-refractivity contribution is -0.176. The van der Waals surface area contributed by atoms with E-state index >= 15 is 0 Å². The molecule has 2 atom stereocenters. The van der Waals surface area contributed by atoms with Gasteiger partial charge in [-0.1, -0.05) is 60.7 Å². The first-order chi connectivity index (χ1) is 18.7. The summed E-state index contributed by atoms with van der Waals surface area (Å²) in [5, 5.41) is 24.8. The van der Waals surface area contributed by atoms with Crippen LogP contribution in [-0.2, 0) is 29.5 Å². The summed E-state index contributed by atoms with van der Waals surface area (Å²) in [5.74, 6) is -2.41. The molecule has 0 aliphatic carbocycles. The van der Waals surface area contributed by atoms with Crippen LogP contribution in [-0.4, -0.2) is 64.9 Å². The lowest BCUT2D eigenvalue weighted by Crippen LogP contribution is -2.52. The third-order valence-corrected chi connectivity index (χ3v) is 7.17. The molecular weight excluding hydrogens is 498 g/mol. The Hall–Kier alpha value is -3.75. The van der Waals surface area contributed by atoms with Crippen molar-refractivity contribution in [1.82, 2.24) is 4.90 Å². The summed E-state index contributed by atoms with van der Waals surface area (Å²) in [7, 11) is 0. The summed E-state index contributed by atoms with van der Waals surface area (Å²) in [6.45, 7) is 3.59. The van der Waals surface area contributed by atoms with E-state index in [4.69, 9.17) is 9.47 Å². The first-order valence-corrected chi connectivity index (χ1v) is 13.3. The number of piperidine rings is 1. The van der Waals surface area contributed by atoms with Gasteiger partial charge in [0.1, 0.15) is 5.60 Å². The predicted molar refractivity (Wildman–Crippen MR) is 147 cm³/mol. The number of fused-ring (bicyclic) bond motifs is 1. The maximum Gasteiger partial charge on any atom is 0.339 e. The van der Waals surface area contributed by atoms with E-state index in [1.807, 2.05) is 36.4 Å². The highest BCUT2D eigenvalue weighted by molar-refractivity contribution is 5.91. The molecule has 0 saturated carbocycles. The quantitative estimate of drug-likeness (QED) is 0.401. The Morgan fingerprint density at radius 3 is 2.26 bits per heavy atom. The molecule has 0 bridgehead atoms. The van der Waals surface area contributed by atoms with Crippen molar-refractivity contribution in [3.63, 3.8) is 0 Å². The van der Waals surface area contributed by atoms with E-state index in [-0.39, 0.29) is 19.8 Å². The number of likely N-dealkylation sites (tertiary alicyclic amines) is 1. The van der Waals surface area contributed by atoms with Gasteiger partial charge in [-0.2, -0.15) is 0 Å². The monoisotopic (exact) mass is 533 g/mol. The van der Waals surface area contributed by atoms with Gasteiger partial charge in [0.05, 0.1) is 32.6 Å². The zero-order valence-corrected chi connectivity index (χ0v) is 22.4. The van der Waals surface area contributed by atoms with Crippen LogP contribution in [0.4, 0.5) is 0 Å². The first-order valence-electron chi connectivity index (χ1n) is 13.3.